The van der Waals surface area contributed by atoms with Gasteiger partial charge in [0, 0.05) is 21.4 Å². The van der Waals surface area contributed by atoms with Crippen LogP contribution in [0.15, 0.2) is 45.3 Å². The van der Waals surface area contributed by atoms with E-state index in [-0.39, 0.29) is 24.0 Å². The van der Waals surface area contributed by atoms with Crippen LogP contribution in [-0.2, 0) is 9.47 Å². The monoisotopic (exact) mass is 582 g/mol. The summed E-state index contributed by atoms with van der Waals surface area (Å²) in [6.07, 6.45) is 1.36. The van der Waals surface area contributed by atoms with Crippen molar-refractivity contribution in [2.75, 3.05) is 18.5 Å². The van der Waals surface area contributed by atoms with E-state index >= 15 is 0 Å². The Bertz CT molecular complexity index is 768. The highest BCUT2D eigenvalue weighted by atomic mass is 79.9. The molecule has 0 saturated carbocycles. The van der Waals surface area contributed by atoms with Crippen LogP contribution in [0.4, 0.5) is 0 Å². The van der Waals surface area contributed by atoms with Crippen molar-refractivity contribution in [3.63, 3.8) is 0 Å². The van der Waals surface area contributed by atoms with Crippen molar-refractivity contribution in [3.05, 3.63) is 61.5 Å². The molecule has 1 unspecified atom stereocenters. The Kier molecular flexibility index (Phi) is 9.59. The van der Waals surface area contributed by atoms with Gasteiger partial charge in [-0.05, 0) is 58.6 Å². The number of ether oxygens (including phenoxy) is 2. The number of hydrogen-bond donors (Lipinski definition) is 1. The number of hydrogen-bond acceptors (Lipinski definition) is 4. The highest BCUT2D eigenvalue weighted by Crippen LogP contribution is 2.32. The van der Waals surface area contributed by atoms with E-state index in [4.69, 9.17) is 21.1 Å². The zero-order valence-electron chi connectivity index (χ0n) is 14.3. The SMILES string of the molecule is O=C(OCCCCOC(CBr)c1ccc(Cl)cc1)c1cc(Br)cc(Br)c1O. The first-order valence-corrected chi connectivity index (χ1v) is 11.3. The van der Waals surface area contributed by atoms with E-state index in [2.05, 4.69) is 47.8 Å². The number of halogens is 4. The van der Waals surface area contributed by atoms with Crippen molar-refractivity contribution < 1.29 is 19.4 Å². The molecule has 0 aliphatic carbocycles. The molecule has 2 aromatic rings. The van der Waals surface area contributed by atoms with Crippen LogP contribution >= 0.6 is 59.4 Å². The first-order chi connectivity index (χ1) is 12.9. The van der Waals surface area contributed by atoms with Crippen molar-refractivity contribution in [2.45, 2.75) is 18.9 Å². The third-order valence-electron chi connectivity index (χ3n) is 3.72. The zero-order chi connectivity index (χ0) is 19.8. The summed E-state index contributed by atoms with van der Waals surface area (Å²) in [6.45, 7) is 0.801. The first-order valence-electron chi connectivity index (χ1n) is 8.20. The molecular weight excluding hydrogens is 567 g/mol. The zero-order valence-corrected chi connectivity index (χ0v) is 19.8. The topological polar surface area (TPSA) is 55.8 Å². The molecule has 0 spiro atoms. The minimum absolute atomic E-state index is 0.0548. The Hall–Kier alpha value is -0.600. The van der Waals surface area contributed by atoms with Crippen LogP contribution in [-0.4, -0.2) is 29.6 Å². The Balaban J connectivity index is 1.72. The van der Waals surface area contributed by atoms with E-state index in [0.717, 1.165) is 12.0 Å². The lowest BCUT2D eigenvalue weighted by Gasteiger charge is -2.16. The summed E-state index contributed by atoms with van der Waals surface area (Å²) >= 11 is 15.8. The van der Waals surface area contributed by atoms with Crippen molar-refractivity contribution in [1.29, 1.82) is 0 Å². The average Bonchev–Trinajstić information content (AvgIpc) is 2.65. The number of unbranched alkanes of at least 4 members (excludes halogenated alkanes) is 1. The van der Waals surface area contributed by atoms with Crippen LogP contribution in [0, 0.1) is 0 Å². The summed E-state index contributed by atoms with van der Waals surface area (Å²) in [4.78, 5) is 12.1. The van der Waals surface area contributed by atoms with E-state index in [1.165, 1.54) is 6.07 Å². The van der Waals surface area contributed by atoms with Gasteiger partial charge in [0.05, 0.1) is 17.2 Å². The molecule has 2 aromatic carbocycles. The predicted molar refractivity (Wildman–Crippen MR) is 117 cm³/mol. The first kappa shape index (κ1) is 22.7. The number of rotatable bonds is 9. The van der Waals surface area contributed by atoms with Gasteiger partial charge in [0.2, 0.25) is 0 Å². The molecule has 2 rings (SSSR count). The van der Waals surface area contributed by atoms with Crippen LogP contribution in [0.1, 0.15) is 34.9 Å². The molecule has 4 nitrogen and oxygen atoms in total. The van der Waals surface area contributed by atoms with E-state index in [1.807, 2.05) is 24.3 Å². The molecule has 0 radical (unpaired) electrons. The van der Waals surface area contributed by atoms with Gasteiger partial charge in [-0.25, -0.2) is 4.79 Å². The molecule has 0 bridgehead atoms. The average molecular weight is 586 g/mol. The summed E-state index contributed by atoms with van der Waals surface area (Å²) in [7, 11) is 0. The lowest BCUT2D eigenvalue weighted by molar-refractivity contribution is 0.0435. The van der Waals surface area contributed by atoms with E-state index in [9.17, 15) is 9.90 Å². The molecule has 0 aromatic heterocycles. The van der Waals surface area contributed by atoms with E-state index < -0.39 is 5.97 Å². The number of benzene rings is 2. The standard InChI is InChI=1S/C19H18Br3ClO4/c20-11-17(12-3-5-14(23)6-4-12)26-7-1-2-8-27-19(25)15-9-13(21)10-16(22)18(15)24/h3-6,9-10,17,24H,1-2,7-8,11H2. The number of carbonyl (C=O) groups is 1. The Morgan fingerprint density at radius 2 is 1.78 bits per heavy atom. The third kappa shape index (κ3) is 7.06. The predicted octanol–water partition coefficient (Wildman–Crippen LogP) is 6.66. The number of alkyl halides is 1. The summed E-state index contributed by atoms with van der Waals surface area (Å²) in [5.41, 5.74) is 1.17. The minimum atomic E-state index is -0.560. The molecule has 1 N–H and O–H groups in total. The summed E-state index contributed by atoms with van der Waals surface area (Å²) in [6, 6.07) is 10.7. The van der Waals surface area contributed by atoms with Crippen LogP contribution < -0.4 is 0 Å². The van der Waals surface area contributed by atoms with Gasteiger partial charge in [-0.1, -0.05) is 55.6 Å². The molecule has 8 heteroatoms. The number of phenolic OH excluding ortho intramolecular Hbond substituents is 1. The fraction of sp³-hybridized carbons (Fsp3) is 0.316. The van der Waals surface area contributed by atoms with Crippen molar-refractivity contribution in [1.82, 2.24) is 0 Å². The normalized spacial score (nSPS) is 12.0. The molecular formula is C19H18Br3ClO4. The van der Waals surface area contributed by atoms with Crippen LogP contribution in [0.25, 0.3) is 0 Å². The Morgan fingerprint density at radius 1 is 1.11 bits per heavy atom. The maximum Gasteiger partial charge on any atom is 0.341 e. The second-order valence-electron chi connectivity index (χ2n) is 5.69. The van der Waals surface area contributed by atoms with Crippen molar-refractivity contribution >= 4 is 65.4 Å². The molecule has 1 atom stereocenters. The van der Waals surface area contributed by atoms with E-state index in [1.54, 1.807) is 6.07 Å². The number of phenols is 1. The summed E-state index contributed by atoms with van der Waals surface area (Å²) in [5.74, 6) is -0.690. The highest BCUT2D eigenvalue weighted by Gasteiger charge is 2.16. The van der Waals surface area contributed by atoms with Gasteiger partial charge >= 0.3 is 5.97 Å². The molecule has 146 valence electrons. The molecule has 0 aliphatic heterocycles. The summed E-state index contributed by atoms with van der Waals surface area (Å²) in [5, 5.41) is 11.3. The molecule has 0 fully saturated rings. The largest absolute Gasteiger partial charge is 0.506 e. The summed E-state index contributed by atoms with van der Waals surface area (Å²) < 4.78 is 12.2. The van der Waals surface area contributed by atoms with Gasteiger partial charge < -0.3 is 14.6 Å². The second-order valence-corrected chi connectivity index (χ2v) is 8.55. The van der Waals surface area contributed by atoms with Gasteiger partial charge in [0.25, 0.3) is 0 Å². The maximum atomic E-state index is 12.1. The Labute approximate surface area is 188 Å². The molecule has 27 heavy (non-hydrogen) atoms. The number of aromatic hydroxyl groups is 1. The molecule has 0 amide bonds. The molecule has 0 heterocycles. The van der Waals surface area contributed by atoms with Crippen molar-refractivity contribution in [2.24, 2.45) is 0 Å². The Morgan fingerprint density at radius 3 is 2.44 bits per heavy atom. The lowest BCUT2D eigenvalue weighted by atomic mass is 10.1. The van der Waals surface area contributed by atoms with Crippen LogP contribution in [0.3, 0.4) is 0 Å². The van der Waals surface area contributed by atoms with Gasteiger partial charge in [-0.2, -0.15) is 0 Å². The fourth-order valence-electron chi connectivity index (χ4n) is 2.30. The van der Waals surface area contributed by atoms with Gasteiger partial charge in [0.15, 0.2) is 0 Å². The minimum Gasteiger partial charge on any atom is -0.506 e. The van der Waals surface area contributed by atoms with Crippen molar-refractivity contribution in [3.8, 4) is 5.75 Å². The third-order valence-corrected chi connectivity index (χ3v) is 5.62. The second kappa shape index (κ2) is 11.4. The highest BCUT2D eigenvalue weighted by molar-refractivity contribution is 9.11. The number of esters is 1. The smallest absolute Gasteiger partial charge is 0.341 e. The number of carbonyl (C=O) groups excluding carboxylic acids is 1. The van der Waals surface area contributed by atoms with E-state index in [0.29, 0.717) is 32.3 Å². The van der Waals surface area contributed by atoms with Crippen LogP contribution in [0.2, 0.25) is 5.02 Å². The van der Waals surface area contributed by atoms with Gasteiger partial charge in [-0.3, -0.25) is 0 Å². The quantitative estimate of drug-likeness (QED) is 0.203. The van der Waals surface area contributed by atoms with Crippen LogP contribution in [0.5, 0.6) is 5.75 Å². The molecule has 0 aliphatic rings. The molecule has 0 saturated heterocycles. The van der Waals surface area contributed by atoms with Gasteiger partial charge in [0.1, 0.15) is 11.3 Å². The van der Waals surface area contributed by atoms with Gasteiger partial charge in [-0.15, -0.1) is 0 Å². The lowest BCUT2D eigenvalue weighted by Crippen LogP contribution is -2.10. The maximum absolute atomic E-state index is 12.1. The fourth-order valence-corrected chi connectivity index (χ4v) is 4.21.